The maximum absolute atomic E-state index is 12.9. The number of hydrogen-bond acceptors (Lipinski definition) is 3. The molecule has 5 rings (SSSR count). The van der Waals surface area contributed by atoms with Crippen molar-refractivity contribution in [3.63, 3.8) is 0 Å². The number of aromatic nitrogens is 1. The molecule has 150 valence electrons. The summed E-state index contributed by atoms with van der Waals surface area (Å²) in [6.07, 6.45) is 0.627. The molecule has 0 saturated carbocycles. The number of rotatable bonds is 4. The number of para-hydroxylation sites is 1. The molecule has 0 fully saturated rings. The summed E-state index contributed by atoms with van der Waals surface area (Å²) < 4.78 is 5.25. The molecule has 0 saturated heterocycles. The Morgan fingerprint density at radius 1 is 0.967 bits per heavy atom. The van der Waals surface area contributed by atoms with Crippen LogP contribution in [0.3, 0.4) is 0 Å². The van der Waals surface area contributed by atoms with E-state index in [1.165, 1.54) is 29.3 Å². The normalized spacial score (nSPS) is 18.8. The Morgan fingerprint density at radius 2 is 1.63 bits per heavy atom. The van der Waals surface area contributed by atoms with E-state index in [0.717, 1.165) is 11.1 Å². The number of carbonyl (C=O) groups is 1. The fourth-order valence-corrected chi connectivity index (χ4v) is 4.67. The standard InChI is InChI=1S/C26H24N2O2/c1-30-26(29)23-16-21-20-14-8-9-15-22(20)27-24(21)25(19-12-6-3-7-13-19)28(23)17-18-10-4-2-5-11-18/h2-15,23,25,27H,16-17H2,1H3/t23-,25-/m0/s1. The zero-order valence-electron chi connectivity index (χ0n) is 16.9. The summed E-state index contributed by atoms with van der Waals surface area (Å²) in [5.74, 6) is -0.192. The summed E-state index contributed by atoms with van der Waals surface area (Å²) in [6.45, 7) is 0.662. The molecule has 1 aromatic heterocycles. The van der Waals surface area contributed by atoms with Crippen molar-refractivity contribution in [1.82, 2.24) is 9.88 Å². The average Bonchev–Trinajstić information content (AvgIpc) is 3.17. The molecule has 2 heterocycles. The number of ether oxygens (including phenoxy) is 1. The number of hydrogen-bond donors (Lipinski definition) is 1. The largest absolute Gasteiger partial charge is 0.468 e. The lowest BCUT2D eigenvalue weighted by molar-refractivity contribution is -0.148. The van der Waals surface area contributed by atoms with Crippen molar-refractivity contribution in [1.29, 1.82) is 0 Å². The number of fused-ring (bicyclic) bond motifs is 3. The second-order valence-corrected chi connectivity index (χ2v) is 7.78. The fourth-order valence-electron chi connectivity index (χ4n) is 4.67. The highest BCUT2D eigenvalue weighted by Gasteiger charge is 2.41. The molecule has 4 aromatic rings. The van der Waals surface area contributed by atoms with Crippen LogP contribution in [0.2, 0.25) is 0 Å². The van der Waals surface area contributed by atoms with Gasteiger partial charge in [-0.1, -0.05) is 78.9 Å². The van der Waals surface area contributed by atoms with Gasteiger partial charge in [0.2, 0.25) is 0 Å². The lowest BCUT2D eigenvalue weighted by Crippen LogP contribution is -2.48. The summed E-state index contributed by atoms with van der Waals surface area (Å²) >= 11 is 0. The molecule has 30 heavy (non-hydrogen) atoms. The number of methoxy groups -OCH3 is 1. The van der Waals surface area contributed by atoms with E-state index in [2.05, 4.69) is 64.5 Å². The second kappa shape index (κ2) is 7.81. The third kappa shape index (κ3) is 3.19. The van der Waals surface area contributed by atoms with Crippen LogP contribution in [0, 0.1) is 0 Å². The van der Waals surface area contributed by atoms with E-state index in [-0.39, 0.29) is 18.1 Å². The summed E-state index contributed by atoms with van der Waals surface area (Å²) in [5, 5.41) is 1.18. The Balaban J connectivity index is 1.71. The highest BCUT2D eigenvalue weighted by Crippen LogP contribution is 2.41. The first-order valence-corrected chi connectivity index (χ1v) is 10.3. The predicted octanol–water partition coefficient (Wildman–Crippen LogP) is 4.86. The van der Waals surface area contributed by atoms with Crippen LogP contribution in [0.25, 0.3) is 10.9 Å². The number of carbonyl (C=O) groups excluding carboxylic acids is 1. The van der Waals surface area contributed by atoms with Gasteiger partial charge < -0.3 is 9.72 Å². The SMILES string of the molecule is COC(=O)[C@@H]1Cc2c([nH]c3ccccc23)[C@H](c2ccccc2)N1Cc1ccccc1. The Morgan fingerprint density at radius 3 is 2.37 bits per heavy atom. The number of benzene rings is 3. The van der Waals surface area contributed by atoms with Gasteiger partial charge in [-0.05, 0) is 22.8 Å². The average molecular weight is 396 g/mol. The molecule has 0 radical (unpaired) electrons. The molecule has 2 atom stereocenters. The first-order chi connectivity index (χ1) is 14.8. The van der Waals surface area contributed by atoms with Gasteiger partial charge in [-0.15, -0.1) is 0 Å². The first kappa shape index (κ1) is 18.6. The third-order valence-electron chi connectivity index (χ3n) is 6.05. The number of esters is 1. The van der Waals surface area contributed by atoms with Crippen molar-refractivity contribution in [2.45, 2.75) is 25.0 Å². The van der Waals surface area contributed by atoms with Gasteiger partial charge in [0, 0.05) is 29.6 Å². The van der Waals surface area contributed by atoms with E-state index in [0.29, 0.717) is 13.0 Å². The van der Waals surface area contributed by atoms with E-state index < -0.39 is 0 Å². The molecular weight excluding hydrogens is 372 g/mol. The Labute approximate surface area is 176 Å². The minimum Gasteiger partial charge on any atom is -0.468 e. The summed E-state index contributed by atoms with van der Waals surface area (Å²) in [5.41, 5.74) is 5.81. The fraction of sp³-hybridized carbons (Fsp3) is 0.192. The Kier molecular flexibility index (Phi) is 4.85. The minimum absolute atomic E-state index is 0.0633. The zero-order valence-corrected chi connectivity index (χ0v) is 16.9. The van der Waals surface area contributed by atoms with Gasteiger partial charge >= 0.3 is 5.97 Å². The molecule has 4 nitrogen and oxygen atoms in total. The Bertz CT molecular complexity index is 1170. The molecule has 0 unspecified atom stereocenters. The van der Waals surface area contributed by atoms with Crippen LogP contribution < -0.4 is 0 Å². The number of nitrogens with zero attached hydrogens (tertiary/aromatic N) is 1. The van der Waals surface area contributed by atoms with Crippen molar-refractivity contribution in [2.75, 3.05) is 7.11 Å². The first-order valence-electron chi connectivity index (χ1n) is 10.3. The quantitative estimate of drug-likeness (QED) is 0.501. The van der Waals surface area contributed by atoms with E-state index >= 15 is 0 Å². The van der Waals surface area contributed by atoms with Crippen LogP contribution in [0.15, 0.2) is 84.9 Å². The van der Waals surface area contributed by atoms with Crippen LogP contribution >= 0.6 is 0 Å². The maximum Gasteiger partial charge on any atom is 0.323 e. The van der Waals surface area contributed by atoms with Gasteiger partial charge in [-0.2, -0.15) is 0 Å². The molecule has 1 aliphatic heterocycles. The van der Waals surface area contributed by atoms with E-state index in [1.807, 2.05) is 30.3 Å². The van der Waals surface area contributed by atoms with Gasteiger partial charge in [-0.3, -0.25) is 9.69 Å². The second-order valence-electron chi connectivity index (χ2n) is 7.78. The van der Waals surface area contributed by atoms with E-state index in [1.54, 1.807) is 0 Å². The number of H-pyrrole nitrogens is 1. The molecule has 3 aromatic carbocycles. The molecule has 0 spiro atoms. The lowest BCUT2D eigenvalue weighted by Gasteiger charge is -2.41. The molecular formula is C26H24N2O2. The monoisotopic (exact) mass is 396 g/mol. The van der Waals surface area contributed by atoms with Gasteiger partial charge in [0.05, 0.1) is 13.2 Å². The zero-order chi connectivity index (χ0) is 20.5. The number of nitrogens with one attached hydrogen (secondary N) is 1. The lowest BCUT2D eigenvalue weighted by atomic mass is 9.87. The smallest absolute Gasteiger partial charge is 0.323 e. The van der Waals surface area contributed by atoms with Crippen molar-refractivity contribution >= 4 is 16.9 Å². The highest BCUT2D eigenvalue weighted by molar-refractivity contribution is 5.87. The van der Waals surface area contributed by atoms with Crippen molar-refractivity contribution in [2.24, 2.45) is 0 Å². The van der Waals surface area contributed by atoms with Crippen LogP contribution in [-0.4, -0.2) is 29.0 Å². The van der Waals surface area contributed by atoms with Gasteiger partial charge in [0.1, 0.15) is 6.04 Å². The number of aromatic amines is 1. The molecule has 0 amide bonds. The van der Waals surface area contributed by atoms with Crippen molar-refractivity contribution in [3.8, 4) is 0 Å². The Hall–Kier alpha value is -3.37. The predicted molar refractivity (Wildman–Crippen MR) is 118 cm³/mol. The van der Waals surface area contributed by atoms with Crippen molar-refractivity contribution < 1.29 is 9.53 Å². The van der Waals surface area contributed by atoms with Gasteiger partial charge in [0.25, 0.3) is 0 Å². The third-order valence-corrected chi connectivity index (χ3v) is 6.05. The van der Waals surface area contributed by atoms with Crippen LogP contribution in [-0.2, 0) is 22.5 Å². The summed E-state index contributed by atoms with van der Waals surface area (Å²) in [7, 11) is 1.48. The van der Waals surface area contributed by atoms with Crippen LogP contribution in [0.1, 0.15) is 28.4 Å². The molecule has 0 bridgehead atoms. The molecule has 1 N–H and O–H groups in total. The topological polar surface area (TPSA) is 45.3 Å². The maximum atomic E-state index is 12.9. The summed E-state index contributed by atoms with van der Waals surface area (Å²) in [4.78, 5) is 18.9. The van der Waals surface area contributed by atoms with Gasteiger partial charge in [0.15, 0.2) is 0 Å². The van der Waals surface area contributed by atoms with Crippen molar-refractivity contribution in [3.05, 3.63) is 107 Å². The molecule has 1 aliphatic rings. The molecule has 0 aliphatic carbocycles. The van der Waals surface area contributed by atoms with Gasteiger partial charge in [-0.25, -0.2) is 0 Å². The van der Waals surface area contributed by atoms with Crippen LogP contribution in [0.4, 0.5) is 0 Å². The van der Waals surface area contributed by atoms with E-state index in [9.17, 15) is 4.79 Å². The van der Waals surface area contributed by atoms with E-state index in [4.69, 9.17) is 4.74 Å². The summed E-state index contributed by atoms with van der Waals surface area (Å²) in [6, 6.07) is 28.6. The minimum atomic E-state index is -0.355. The van der Waals surface area contributed by atoms with Crippen LogP contribution in [0.5, 0.6) is 0 Å². The highest BCUT2D eigenvalue weighted by atomic mass is 16.5. The molecule has 4 heteroatoms.